The van der Waals surface area contributed by atoms with Crippen LogP contribution in [0, 0.1) is 11.8 Å². The van der Waals surface area contributed by atoms with Crippen LogP contribution in [0.2, 0.25) is 0 Å². The third-order valence-electron chi connectivity index (χ3n) is 3.34. The number of allylic oxidation sites excluding steroid dienone is 2. The molecule has 1 aliphatic rings. The van der Waals surface area contributed by atoms with Crippen LogP contribution in [0.3, 0.4) is 0 Å². The summed E-state index contributed by atoms with van der Waals surface area (Å²) in [4.78, 5) is 36.7. The first-order valence-electron chi connectivity index (χ1n) is 7.05. The highest BCUT2D eigenvalue weighted by Crippen LogP contribution is 2.27. The molecule has 0 radical (unpaired) electrons. The van der Waals surface area contributed by atoms with Gasteiger partial charge >= 0.3 is 5.97 Å². The van der Waals surface area contributed by atoms with Gasteiger partial charge in [0, 0.05) is 12.6 Å². The number of carbonyl (C=O) groups excluding carboxylic acids is 2. The van der Waals surface area contributed by atoms with Gasteiger partial charge in [0.25, 0.3) is 0 Å². The minimum absolute atomic E-state index is 0.0668. The molecule has 118 valence electrons. The van der Waals surface area contributed by atoms with Gasteiger partial charge in [-0.05, 0) is 33.6 Å². The van der Waals surface area contributed by atoms with E-state index in [-0.39, 0.29) is 23.9 Å². The number of nitrogens with one attached hydrogen (secondary N) is 1. The highest BCUT2D eigenvalue weighted by molar-refractivity contribution is 5.89. The standard InChI is InChI=1S/C15H24N2O4/c1-15(2,3)16-12(18)9-17(4)13(19)10-7-5-6-8-11(10)14(20)21/h5-6,10-11H,7-9H2,1-4H3,(H,16,18)(H,20,21). The molecule has 1 rings (SSSR count). The number of carbonyl (C=O) groups is 3. The van der Waals surface area contributed by atoms with Gasteiger partial charge in [-0.1, -0.05) is 12.2 Å². The average molecular weight is 296 g/mol. The van der Waals surface area contributed by atoms with Crippen LogP contribution in [0.25, 0.3) is 0 Å². The fourth-order valence-corrected chi connectivity index (χ4v) is 2.39. The smallest absolute Gasteiger partial charge is 0.307 e. The third-order valence-corrected chi connectivity index (χ3v) is 3.34. The van der Waals surface area contributed by atoms with E-state index in [4.69, 9.17) is 0 Å². The van der Waals surface area contributed by atoms with Crippen molar-refractivity contribution < 1.29 is 19.5 Å². The maximum Gasteiger partial charge on any atom is 0.307 e. The molecule has 0 saturated heterocycles. The molecule has 0 saturated carbocycles. The fraction of sp³-hybridized carbons (Fsp3) is 0.667. The van der Waals surface area contributed by atoms with Gasteiger partial charge in [0.2, 0.25) is 11.8 Å². The summed E-state index contributed by atoms with van der Waals surface area (Å²) in [6, 6.07) is 0. The van der Waals surface area contributed by atoms with E-state index in [1.165, 1.54) is 11.9 Å². The van der Waals surface area contributed by atoms with E-state index >= 15 is 0 Å². The van der Waals surface area contributed by atoms with Gasteiger partial charge in [-0.25, -0.2) is 0 Å². The average Bonchev–Trinajstić information content (AvgIpc) is 2.35. The molecule has 2 N–H and O–H groups in total. The Morgan fingerprint density at radius 1 is 1.19 bits per heavy atom. The van der Waals surface area contributed by atoms with Crippen molar-refractivity contribution in [2.75, 3.05) is 13.6 Å². The minimum atomic E-state index is -0.967. The Kier molecular flexibility index (Phi) is 5.52. The summed E-state index contributed by atoms with van der Waals surface area (Å²) in [5.74, 6) is -2.83. The van der Waals surface area contributed by atoms with Crippen molar-refractivity contribution >= 4 is 17.8 Å². The highest BCUT2D eigenvalue weighted by atomic mass is 16.4. The van der Waals surface area contributed by atoms with Crippen LogP contribution in [0.15, 0.2) is 12.2 Å². The van der Waals surface area contributed by atoms with Gasteiger partial charge in [0.15, 0.2) is 0 Å². The first-order chi connectivity index (χ1) is 9.61. The topological polar surface area (TPSA) is 86.7 Å². The summed E-state index contributed by atoms with van der Waals surface area (Å²) < 4.78 is 0. The zero-order valence-electron chi connectivity index (χ0n) is 13.0. The lowest BCUT2D eigenvalue weighted by molar-refractivity contribution is -0.150. The first-order valence-corrected chi connectivity index (χ1v) is 7.05. The Labute approximate surface area is 125 Å². The van der Waals surface area contributed by atoms with Gasteiger partial charge in [-0.3, -0.25) is 14.4 Å². The number of nitrogens with zero attached hydrogens (tertiary/aromatic N) is 1. The molecule has 0 aromatic carbocycles. The Bertz CT molecular complexity index is 451. The predicted molar refractivity (Wildman–Crippen MR) is 78.5 cm³/mol. The number of rotatable bonds is 4. The molecule has 0 bridgehead atoms. The lowest BCUT2D eigenvalue weighted by atomic mass is 9.82. The lowest BCUT2D eigenvalue weighted by Crippen LogP contribution is -2.48. The normalized spacial score (nSPS) is 21.7. The van der Waals surface area contributed by atoms with E-state index in [1.807, 2.05) is 26.8 Å². The second-order valence-electron chi connectivity index (χ2n) is 6.49. The van der Waals surface area contributed by atoms with Crippen LogP contribution in [0.4, 0.5) is 0 Å². The zero-order valence-corrected chi connectivity index (χ0v) is 13.0. The summed E-state index contributed by atoms with van der Waals surface area (Å²) in [6.07, 6.45) is 4.37. The zero-order chi connectivity index (χ0) is 16.2. The molecule has 0 aromatic rings. The molecule has 0 spiro atoms. The van der Waals surface area contributed by atoms with Crippen LogP contribution < -0.4 is 5.32 Å². The third kappa shape index (κ3) is 5.21. The first kappa shape index (κ1) is 17.2. The molecule has 0 aliphatic heterocycles. The van der Waals surface area contributed by atoms with Crippen molar-refractivity contribution in [2.45, 2.75) is 39.2 Å². The number of hydrogen-bond donors (Lipinski definition) is 2. The van der Waals surface area contributed by atoms with Gasteiger partial charge in [0.05, 0.1) is 18.4 Å². The Morgan fingerprint density at radius 2 is 1.71 bits per heavy atom. The van der Waals surface area contributed by atoms with Crippen molar-refractivity contribution in [3.05, 3.63) is 12.2 Å². The van der Waals surface area contributed by atoms with Gasteiger partial charge in [-0.2, -0.15) is 0 Å². The van der Waals surface area contributed by atoms with Crippen LogP contribution in [-0.2, 0) is 14.4 Å². The quantitative estimate of drug-likeness (QED) is 0.759. The number of carboxylic acids is 1. The van der Waals surface area contributed by atoms with Crippen molar-refractivity contribution in [1.29, 1.82) is 0 Å². The number of hydrogen-bond acceptors (Lipinski definition) is 3. The van der Waals surface area contributed by atoms with Gasteiger partial charge in [-0.15, -0.1) is 0 Å². The highest BCUT2D eigenvalue weighted by Gasteiger charge is 2.35. The van der Waals surface area contributed by atoms with E-state index in [0.717, 1.165) is 0 Å². The molecule has 6 nitrogen and oxygen atoms in total. The molecule has 2 atom stereocenters. The second-order valence-corrected chi connectivity index (χ2v) is 6.49. The molecular weight excluding hydrogens is 272 g/mol. The van der Waals surface area contributed by atoms with Crippen molar-refractivity contribution in [3.8, 4) is 0 Å². The molecule has 0 aromatic heterocycles. The van der Waals surface area contributed by atoms with Crippen molar-refractivity contribution in [1.82, 2.24) is 10.2 Å². The van der Waals surface area contributed by atoms with Crippen molar-refractivity contribution in [2.24, 2.45) is 11.8 Å². The van der Waals surface area contributed by atoms with Crippen molar-refractivity contribution in [3.63, 3.8) is 0 Å². The Balaban J connectivity index is 2.67. The number of likely N-dealkylation sites (N-methyl/N-ethyl adjacent to an activating group) is 1. The predicted octanol–water partition coefficient (Wildman–Crippen LogP) is 1.03. The minimum Gasteiger partial charge on any atom is -0.481 e. The van der Waals surface area contributed by atoms with Gasteiger partial charge in [0.1, 0.15) is 0 Å². The fourth-order valence-electron chi connectivity index (χ4n) is 2.39. The molecule has 0 heterocycles. The van der Waals surface area contributed by atoms with E-state index in [9.17, 15) is 19.5 Å². The second kappa shape index (κ2) is 6.74. The molecule has 1 aliphatic carbocycles. The van der Waals surface area contributed by atoms with Gasteiger partial charge < -0.3 is 15.3 Å². The molecule has 6 heteroatoms. The summed E-state index contributed by atoms with van der Waals surface area (Å²) in [5.41, 5.74) is -0.363. The van der Waals surface area contributed by atoms with Crippen LogP contribution in [0.1, 0.15) is 33.6 Å². The Morgan fingerprint density at radius 3 is 2.19 bits per heavy atom. The largest absolute Gasteiger partial charge is 0.481 e. The van der Waals surface area contributed by atoms with Crippen LogP contribution in [-0.4, -0.2) is 46.9 Å². The molecule has 2 amide bonds. The maximum absolute atomic E-state index is 12.4. The molecule has 2 unspecified atom stereocenters. The Hall–Kier alpha value is -1.85. The number of aliphatic carboxylic acids is 1. The lowest BCUT2D eigenvalue weighted by Gasteiger charge is -2.29. The summed E-state index contributed by atoms with van der Waals surface area (Å²) in [7, 11) is 1.53. The number of carboxylic acid groups (broad SMARTS) is 1. The molecule has 0 fully saturated rings. The maximum atomic E-state index is 12.4. The monoisotopic (exact) mass is 296 g/mol. The van der Waals surface area contributed by atoms with Crippen LogP contribution >= 0.6 is 0 Å². The van der Waals surface area contributed by atoms with E-state index < -0.39 is 17.8 Å². The van der Waals surface area contributed by atoms with Crippen LogP contribution in [0.5, 0.6) is 0 Å². The SMILES string of the molecule is CN(CC(=O)NC(C)(C)C)C(=O)C1CC=CCC1C(=O)O. The van der Waals surface area contributed by atoms with E-state index in [0.29, 0.717) is 12.8 Å². The summed E-state index contributed by atoms with van der Waals surface area (Å²) in [5, 5.41) is 12.0. The molecular formula is C15H24N2O4. The molecule has 21 heavy (non-hydrogen) atoms. The van der Waals surface area contributed by atoms with E-state index in [1.54, 1.807) is 6.08 Å². The summed E-state index contributed by atoms with van der Waals surface area (Å²) >= 11 is 0. The number of amides is 2. The van der Waals surface area contributed by atoms with E-state index in [2.05, 4.69) is 5.32 Å². The summed E-state index contributed by atoms with van der Waals surface area (Å²) in [6.45, 7) is 5.51.